The highest BCUT2D eigenvalue weighted by Gasteiger charge is 2.09. The average Bonchev–Trinajstić information content (AvgIpc) is 2.63. The van der Waals surface area contributed by atoms with E-state index in [2.05, 4.69) is 20.4 Å². The Kier molecular flexibility index (Phi) is 4.60. The van der Waals surface area contributed by atoms with E-state index in [1.54, 1.807) is 18.2 Å². The summed E-state index contributed by atoms with van der Waals surface area (Å²) in [6.45, 7) is 0.167. The fourth-order valence-corrected chi connectivity index (χ4v) is 2.16. The Morgan fingerprint density at radius 3 is 2.64 bits per heavy atom. The van der Waals surface area contributed by atoms with Crippen LogP contribution in [0.15, 0.2) is 53.6 Å². The summed E-state index contributed by atoms with van der Waals surface area (Å²) in [5, 5.41) is 6.56. The van der Waals surface area contributed by atoms with E-state index in [4.69, 9.17) is 0 Å². The van der Waals surface area contributed by atoms with Gasteiger partial charge in [-0.05, 0) is 36.4 Å². The van der Waals surface area contributed by atoms with Crippen LogP contribution in [0.4, 0.5) is 4.39 Å². The van der Waals surface area contributed by atoms with E-state index in [-0.39, 0.29) is 23.6 Å². The predicted octanol–water partition coefficient (Wildman–Crippen LogP) is 1.31. The molecular formula is C17H14FN5O2. The third kappa shape index (κ3) is 3.92. The molecule has 2 aromatic heterocycles. The summed E-state index contributed by atoms with van der Waals surface area (Å²) in [7, 11) is 1.47. The summed E-state index contributed by atoms with van der Waals surface area (Å²) >= 11 is 0. The molecule has 8 heteroatoms. The molecule has 3 aromatic rings. The first kappa shape index (κ1) is 16.4. The minimum atomic E-state index is -0.419. The lowest BCUT2D eigenvalue weighted by atomic mass is 10.1. The molecule has 7 nitrogen and oxygen atoms in total. The second-order valence-electron chi connectivity index (χ2n) is 5.26. The number of nitrogens with one attached hydrogen (secondary N) is 1. The fraction of sp³-hybridized carbons (Fsp3) is 0.118. The maximum atomic E-state index is 13.0. The highest BCUT2D eigenvalue weighted by Crippen LogP contribution is 2.17. The number of hydrogen-bond acceptors (Lipinski definition) is 5. The average molecular weight is 339 g/mol. The second-order valence-corrected chi connectivity index (χ2v) is 5.26. The highest BCUT2D eigenvalue weighted by molar-refractivity contribution is 5.91. The summed E-state index contributed by atoms with van der Waals surface area (Å²) in [6, 6.07) is 10.3. The molecule has 0 atom stereocenters. The van der Waals surface area contributed by atoms with Gasteiger partial charge in [-0.15, -0.1) is 0 Å². The molecule has 1 aromatic carbocycles. The maximum absolute atomic E-state index is 13.0. The normalized spacial score (nSPS) is 10.5. The van der Waals surface area contributed by atoms with Gasteiger partial charge in [0.05, 0.1) is 17.9 Å². The first-order valence-electron chi connectivity index (χ1n) is 7.42. The molecule has 1 N–H and O–H groups in total. The van der Waals surface area contributed by atoms with Crippen molar-refractivity contribution in [3.05, 3.63) is 76.4 Å². The Morgan fingerprint density at radius 1 is 1.16 bits per heavy atom. The Labute approximate surface area is 142 Å². The molecule has 0 unspecified atom stereocenters. The number of aromatic nitrogens is 4. The third-order valence-electron chi connectivity index (χ3n) is 3.49. The van der Waals surface area contributed by atoms with Crippen molar-refractivity contribution >= 4 is 5.91 Å². The van der Waals surface area contributed by atoms with Crippen molar-refractivity contribution in [3.8, 4) is 11.3 Å². The van der Waals surface area contributed by atoms with Gasteiger partial charge in [0.15, 0.2) is 0 Å². The van der Waals surface area contributed by atoms with Crippen LogP contribution in [0.25, 0.3) is 11.3 Å². The van der Waals surface area contributed by atoms with Crippen LogP contribution in [0, 0.1) is 5.82 Å². The number of hydrogen-bond donors (Lipinski definition) is 1. The van der Waals surface area contributed by atoms with Crippen molar-refractivity contribution in [1.29, 1.82) is 0 Å². The standard InChI is InChI=1S/C17H14FN5O2/c1-23-16(24)7-6-14(22-23)17(25)19-9-13-8-15(21-10-20-13)11-2-4-12(18)5-3-11/h2-8,10H,9H2,1H3,(H,19,25). The van der Waals surface area contributed by atoms with Gasteiger partial charge in [-0.3, -0.25) is 9.59 Å². The van der Waals surface area contributed by atoms with E-state index >= 15 is 0 Å². The molecule has 0 fully saturated rings. The van der Waals surface area contributed by atoms with Gasteiger partial charge in [-0.2, -0.15) is 5.10 Å². The molecular weight excluding hydrogens is 325 g/mol. The van der Waals surface area contributed by atoms with Crippen molar-refractivity contribution in [2.45, 2.75) is 6.54 Å². The largest absolute Gasteiger partial charge is 0.345 e. The molecule has 25 heavy (non-hydrogen) atoms. The molecule has 0 saturated carbocycles. The van der Waals surface area contributed by atoms with Gasteiger partial charge in [0.2, 0.25) is 0 Å². The van der Waals surface area contributed by atoms with Gasteiger partial charge in [-0.1, -0.05) is 0 Å². The Morgan fingerprint density at radius 2 is 1.92 bits per heavy atom. The van der Waals surface area contributed by atoms with E-state index in [1.165, 1.54) is 37.6 Å². The molecule has 126 valence electrons. The molecule has 0 aliphatic rings. The summed E-state index contributed by atoms with van der Waals surface area (Å²) < 4.78 is 14.1. The van der Waals surface area contributed by atoms with Gasteiger partial charge in [0.25, 0.3) is 11.5 Å². The number of carbonyl (C=O) groups is 1. The lowest BCUT2D eigenvalue weighted by Gasteiger charge is -2.06. The van der Waals surface area contributed by atoms with E-state index in [9.17, 15) is 14.0 Å². The van der Waals surface area contributed by atoms with E-state index in [0.29, 0.717) is 11.4 Å². The lowest BCUT2D eigenvalue weighted by Crippen LogP contribution is -2.28. The molecule has 3 rings (SSSR count). The third-order valence-corrected chi connectivity index (χ3v) is 3.49. The first-order chi connectivity index (χ1) is 12.0. The van der Waals surface area contributed by atoms with E-state index in [1.807, 2.05) is 0 Å². The topological polar surface area (TPSA) is 89.8 Å². The van der Waals surface area contributed by atoms with E-state index in [0.717, 1.165) is 10.2 Å². The first-order valence-corrected chi connectivity index (χ1v) is 7.42. The summed E-state index contributed by atoms with van der Waals surface area (Å²) in [5.41, 5.74) is 1.80. The molecule has 0 spiro atoms. The van der Waals surface area contributed by atoms with Crippen LogP contribution in [0.5, 0.6) is 0 Å². The van der Waals surface area contributed by atoms with Crippen molar-refractivity contribution in [2.24, 2.45) is 7.05 Å². The molecule has 0 saturated heterocycles. The molecule has 0 aliphatic heterocycles. The van der Waals surface area contributed by atoms with Crippen LogP contribution in [-0.4, -0.2) is 25.7 Å². The van der Waals surface area contributed by atoms with Gasteiger partial charge >= 0.3 is 0 Å². The zero-order chi connectivity index (χ0) is 17.8. The van der Waals surface area contributed by atoms with Crippen LogP contribution < -0.4 is 10.9 Å². The zero-order valence-electron chi connectivity index (χ0n) is 13.3. The summed E-state index contributed by atoms with van der Waals surface area (Å²) in [6.07, 6.45) is 1.38. The Hall–Kier alpha value is -3.42. The SMILES string of the molecule is Cn1nc(C(=O)NCc2cc(-c3ccc(F)cc3)ncn2)ccc1=O. The number of amides is 1. The maximum Gasteiger partial charge on any atom is 0.272 e. The monoisotopic (exact) mass is 339 g/mol. The minimum absolute atomic E-state index is 0.134. The number of rotatable bonds is 4. The smallest absolute Gasteiger partial charge is 0.272 e. The van der Waals surface area contributed by atoms with Gasteiger partial charge in [-0.25, -0.2) is 19.0 Å². The van der Waals surface area contributed by atoms with Gasteiger partial charge in [0, 0.05) is 18.7 Å². The Bertz CT molecular complexity index is 969. The summed E-state index contributed by atoms with van der Waals surface area (Å²) in [4.78, 5) is 31.6. The number of aryl methyl sites for hydroxylation is 1. The van der Waals surface area contributed by atoms with Crippen LogP contribution in [-0.2, 0) is 13.6 Å². The van der Waals surface area contributed by atoms with Crippen molar-refractivity contribution in [2.75, 3.05) is 0 Å². The number of halogens is 1. The van der Waals surface area contributed by atoms with Crippen LogP contribution in [0.3, 0.4) is 0 Å². The fourth-order valence-electron chi connectivity index (χ4n) is 2.16. The zero-order valence-corrected chi connectivity index (χ0v) is 13.3. The highest BCUT2D eigenvalue weighted by atomic mass is 19.1. The predicted molar refractivity (Wildman–Crippen MR) is 88.1 cm³/mol. The second kappa shape index (κ2) is 7.00. The Balaban J connectivity index is 1.72. The van der Waals surface area contributed by atoms with Crippen molar-refractivity contribution in [1.82, 2.24) is 25.1 Å². The van der Waals surface area contributed by atoms with Gasteiger partial charge < -0.3 is 5.32 Å². The lowest BCUT2D eigenvalue weighted by molar-refractivity contribution is 0.0943. The molecule has 0 radical (unpaired) electrons. The van der Waals surface area contributed by atoms with Crippen molar-refractivity contribution in [3.63, 3.8) is 0 Å². The molecule has 0 bridgehead atoms. The minimum Gasteiger partial charge on any atom is -0.345 e. The van der Waals surface area contributed by atoms with Crippen molar-refractivity contribution < 1.29 is 9.18 Å². The molecule has 1 amide bonds. The molecule has 2 heterocycles. The number of nitrogens with zero attached hydrogens (tertiary/aromatic N) is 4. The van der Waals surface area contributed by atoms with Crippen LogP contribution >= 0.6 is 0 Å². The number of benzene rings is 1. The van der Waals surface area contributed by atoms with E-state index < -0.39 is 5.91 Å². The van der Waals surface area contributed by atoms with Crippen LogP contribution in [0.1, 0.15) is 16.2 Å². The van der Waals surface area contributed by atoms with Gasteiger partial charge in [0.1, 0.15) is 17.8 Å². The summed E-state index contributed by atoms with van der Waals surface area (Å²) in [5.74, 6) is -0.743. The quantitative estimate of drug-likeness (QED) is 0.774. The number of carbonyl (C=O) groups excluding carboxylic acids is 1. The molecule has 0 aliphatic carbocycles. The van der Waals surface area contributed by atoms with Crippen LogP contribution in [0.2, 0.25) is 0 Å².